The first kappa shape index (κ1) is 13.9. The molecule has 2 atom stereocenters. The summed E-state index contributed by atoms with van der Waals surface area (Å²) in [5.74, 6) is -0.0583. The van der Waals surface area contributed by atoms with Crippen LogP contribution in [0.1, 0.15) is 24.8 Å². The highest BCUT2D eigenvalue weighted by molar-refractivity contribution is 5.93. The van der Waals surface area contributed by atoms with Gasteiger partial charge >= 0.3 is 5.97 Å². The van der Waals surface area contributed by atoms with Gasteiger partial charge in [-0.3, -0.25) is 9.78 Å². The molecule has 0 aliphatic heterocycles. The number of methoxy groups -OCH3 is 1. The lowest BCUT2D eigenvalue weighted by Gasteiger charge is -2.16. The van der Waals surface area contributed by atoms with Crippen LogP contribution in [0.5, 0.6) is 0 Å². The summed E-state index contributed by atoms with van der Waals surface area (Å²) in [7, 11) is 1.46. The first-order valence-electron chi connectivity index (χ1n) is 7.37. The monoisotopic (exact) mass is 284 g/mol. The number of nitrogens with one attached hydrogen (secondary N) is 1. The molecule has 0 saturated heterocycles. The van der Waals surface area contributed by atoms with Crippen LogP contribution >= 0.6 is 0 Å². The van der Waals surface area contributed by atoms with Crippen molar-refractivity contribution in [1.82, 2.24) is 4.98 Å². The standard InChI is InChI=1S/C17H20N2O2/c1-11-4-3-5-14-15(8-9-18-16(11)14)19-13-7-6-12(10-13)17(20)21-2/h3-5,8-9,12-13H,6-7,10H2,1-2H3,(H,18,19)/t12-,13+/m0/s1. The lowest BCUT2D eigenvalue weighted by molar-refractivity contribution is -0.145. The van der Waals surface area contributed by atoms with E-state index in [0.29, 0.717) is 6.04 Å². The molecular weight excluding hydrogens is 264 g/mol. The van der Waals surface area contributed by atoms with Gasteiger partial charge in [0.25, 0.3) is 0 Å². The number of para-hydroxylation sites is 1. The number of benzene rings is 1. The number of nitrogens with zero attached hydrogens (tertiary/aromatic N) is 1. The molecule has 4 heteroatoms. The highest BCUT2D eigenvalue weighted by Gasteiger charge is 2.30. The van der Waals surface area contributed by atoms with Crippen LogP contribution in [-0.2, 0) is 9.53 Å². The Hall–Kier alpha value is -2.10. The Morgan fingerprint density at radius 2 is 2.19 bits per heavy atom. The molecule has 1 aromatic carbocycles. The average Bonchev–Trinajstić information content (AvgIpc) is 2.96. The number of anilines is 1. The number of carbonyl (C=O) groups is 1. The normalized spacial score (nSPS) is 21.4. The highest BCUT2D eigenvalue weighted by atomic mass is 16.5. The molecule has 1 saturated carbocycles. The quantitative estimate of drug-likeness (QED) is 0.879. The zero-order chi connectivity index (χ0) is 14.8. The number of hydrogen-bond donors (Lipinski definition) is 1. The molecule has 3 rings (SSSR count). The molecule has 0 amide bonds. The SMILES string of the molecule is COC(=O)[C@H]1CC[C@@H](Nc2ccnc3c(C)cccc23)C1. The van der Waals surface area contributed by atoms with Crippen LogP contribution < -0.4 is 5.32 Å². The number of pyridine rings is 1. The highest BCUT2D eigenvalue weighted by Crippen LogP contribution is 2.31. The summed E-state index contributed by atoms with van der Waals surface area (Å²) in [5.41, 5.74) is 3.30. The molecule has 0 radical (unpaired) electrons. The van der Waals surface area contributed by atoms with Crippen molar-refractivity contribution in [2.75, 3.05) is 12.4 Å². The zero-order valence-electron chi connectivity index (χ0n) is 12.4. The summed E-state index contributed by atoms with van der Waals surface area (Å²) < 4.78 is 4.84. The predicted molar refractivity (Wildman–Crippen MR) is 83.2 cm³/mol. The summed E-state index contributed by atoms with van der Waals surface area (Å²) in [6.45, 7) is 2.07. The summed E-state index contributed by atoms with van der Waals surface area (Å²) in [6, 6.07) is 8.54. The molecule has 2 aromatic rings. The van der Waals surface area contributed by atoms with Crippen molar-refractivity contribution >= 4 is 22.6 Å². The fourth-order valence-electron chi connectivity index (χ4n) is 3.16. The minimum absolute atomic E-state index is 0.0299. The fraction of sp³-hybridized carbons (Fsp3) is 0.412. The fourth-order valence-corrected chi connectivity index (χ4v) is 3.16. The van der Waals surface area contributed by atoms with E-state index in [-0.39, 0.29) is 11.9 Å². The van der Waals surface area contributed by atoms with Gasteiger partial charge in [-0.25, -0.2) is 0 Å². The molecule has 4 nitrogen and oxygen atoms in total. The van der Waals surface area contributed by atoms with Gasteiger partial charge in [0, 0.05) is 23.3 Å². The van der Waals surface area contributed by atoms with Crippen molar-refractivity contribution in [3.8, 4) is 0 Å². The van der Waals surface area contributed by atoms with E-state index in [9.17, 15) is 4.79 Å². The van der Waals surface area contributed by atoms with Crippen LogP contribution in [0.25, 0.3) is 10.9 Å². The number of rotatable bonds is 3. The third-order valence-corrected chi connectivity index (χ3v) is 4.30. The minimum Gasteiger partial charge on any atom is -0.469 e. The summed E-state index contributed by atoms with van der Waals surface area (Å²) in [4.78, 5) is 16.1. The first-order chi connectivity index (χ1) is 10.2. The van der Waals surface area contributed by atoms with Gasteiger partial charge < -0.3 is 10.1 Å². The van der Waals surface area contributed by atoms with Crippen molar-refractivity contribution in [2.45, 2.75) is 32.2 Å². The van der Waals surface area contributed by atoms with Gasteiger partial charge in [-0.1, -0.05) is 18.2 Å². The van der Waals surface area contributed by atoms with Gasteiger partial charge in [0.2, 0.25) is 0 Å². The molecule has 1 aliphatic carbocycles. The van der Waals surface area contributed by atoms with E-state index in [1.54, 1.807) is 0 Å². The number of hydrogen-bond acceptors (Lipinski definition) is 4. The Morgan fingerprint density at radius 3 is 3.00 bits per heavy atom. The van der Waals surface area contributed by atoms with Crippen molar-refractivity contribution in [1.29, 1.82) is 0 Å². The smallest absolute Gasteiger partial charge is 0.308 e. The van der Waals surface area contributed by atoms with Gasteiger partial charge in [-0.2, -0.15) is 0 Å². The van der Waals surface area contributed by atoms with E-state index in [1.165, 1.54) is 12.7 Å². The van der Waals surface area contributed by atoms with Crippen LogP contribution in [0.4, 0.5) is 5.69 Å². The van der Waals surface area contributed by atoms with Crippen LogP contribution in [0, 0.1) is 12.8 Å². The Morgan fingerprint density at radius 1 is 1.33 bits per heavy atom. The summed E-state index contributed by atoms with van der Waals surface area (Å²) >= 11 is 0. The largest absolute Gasteiger partial charge is 0.469 e. The summed E-state index contributed by atoms with van der Waals surface area (Å²) in [5, 5.41) is 4.71. The number of aromatic nitrogens is 1. The van der Waals surface area contributed by atoms with Gasteiger partial charge in [-0.05, 0) is 37.8 Å². The topological polar surface area (TPSA) is 51.2 Å². The van der Waals surface area contributed by atoms with Crippen molar-refractivity contribution < 1.29 is 9.53 Å². The zero-order valence-corrected chi connectivity index (χ0v) is 12.4. The third-order valence-electron chi connectivity index (χ3n) is 4.30. The molecule has 0 bridgehead atoms. The molecule has 21 heavy (non-hydrogen) atoms. The minimum atomic E-state index is -0.0882. The molecule has 1 fully saturated rings. The molecule has 1 aliphatic rings. The molecule has 1 heterocycles. The van der Waals surface area contributed by atoms with E-state index < -0.39 is 0 Å². The molecule has 1 N–H and O–H groups in total. The number of esters is 1. The van der Waals surface area contributed by atoms with E-state index in [1.807, 2.05) is 12.3 Å². The maximum Gasteiger partial charge on any atom is 0.308 e. The van der Waals surface area contributed by atoms with Gasteiger partial charge in [0.15, 0.2) is 0 Å². The lowest BCUT2D eigenvalue weighted by Crippen LogP contribution is -2.19. The predicted octanol–water partition coefficient (Wildman–Crippen LogP) is 3.30. The van der Waals surface area contributed by atoms with Crippen LogP contribution in [0.15, 0.2) is 30.5 Å². The molecule has 0 spiro atoms. The van der Waals surface area contributed by atoms with E-state index >= 15 is 0 Å². The summed E-state index contributed by atoms with van der Waals surface area (Å²) in [6.07, 6.45) is 4.56. The third kappa shape index (κ3) is 2.71. The maximum atomic E-state index is 11.6. The number of aryl methyl sites for hydroxylation is 1. The Bertz CT molecular complexity index is 669. The second-order valence-electron chi connectivity index (χ2n) is 5.70. The Labute approximate surface area is 124 Å². The van der Waals surface area contributed by atoms with Gasteiger partial charge in [-0.15, -0.1) is 0 Å². The molecule has 110 valence electrons. The van der Waals surface area contributed by atoms with Crippen LogP contribution in [0.2, 0.25) is 0 Å². The van der Waals surface area contributed by atoms with Gasteiger partial charge in [0.05, 0.1) is 18.5 Å². The average molecular weight is 284 g/mol. The Balaban J connectivity index is 1.80. The molecule has 0 unspecified atom stereocenters. The van der Waals surface area contributed by atoms with Crippen LogP contribution in [0.3, 0.4) is 0 Å². The number of ether oxygens (including phenoxy) is 1. The molecular formula is C17H20N2O2. The van der Waals surface area contributed by atoms with Crippen LogP contribution in [-0.4, -0.2) is 24.1 Å². The van der Waals surface area contributed by atoms with Crippen molar-refractivity contribution in [3.05, 3.63) is 36.0 Å². The van der Waals surface area contributed by atoms with E-state index in [2.05, 4.69) is 35.4 Å². The van der Waals surface area contributed by atoms with E-state index in [4.69, 9.17) is 4.74 Å². The number of carbonyl (C=O) groups excluding carboxylic acids is 1. The Kier molecular flexibility index (Phi) is 3.78. The second kappa shape index (κ2) is 5.72. The van der Waals surface area contributed by atoms with Crippen molar-refractivity contribution in [3.63, 3.8) is 0 Å². The van der Waals surface area contributed by atoms with Gasteiger partial charge in [0.1, 0.15) is 0 Å². The van der Waals surface area contributed by atoms with E-state index in [0.717, 1.165) is 35.9 Å². The van der Waals surface area contributed by atoms with Crippen molar-refractivity contribution in [2.24, 2.45) is 5.92 Å². The second-order valence-corrected chi connectivity index (χ2v) is 5.70. The maximum absolute atomic E-state index is 11.6. The number of fused-ring (bicyclic) bond motifs is 1. The molecule has 1 aromatic heterocycles. The first-order valence-corrected chi connectivity index (χ1v) is 7.37. The lowest BCUT2D eigenvalue weighted by atomic mass is 10.1.